The number of thiazole rings is 1. The van der Waals surface area contributed by atoms with Gasteiger partial charge in [0.1, 0.15) is 16.5 Å². The largest absolute Gasteiger partial charge is 0.349 e. The van der Waals surface area contributed by atoms with Crippen LogP contribution in [-0.2, 0) is 6.54 Å². The molecule has 2 heterocycles. The fourth-order valence-electron chi connectivity index (χ4n) is 3.78. The van der Waals surface area contributed by atoms with Crippen LogP contribution in [-0.4, -0.2) is 71.4 Å². The molecule has 1 saturated heterocycles. The van der Waals surface area contributed by atoms with Gasteiger partial charge in [0.25, 0.3) is 11.8 Å². The van der Waals surface area contributed by atoms with Crippen molar-refractivity contribution in [3.63, 3.8) is 0 Å². The van der Waals surface area contributed by atoms with E-state index < -0.39 is 11.8 Å². The van der Waals surface area contributed by atoms with E-state index in [2.05, 4.69) is 25.8 Å². The topological polar surface area (TPSA) is 107 Å². The standard InChI is InChI=1S/C24H31FN6O3S/c1-15(2)27-22(32)20-14-35-21(28-20)13-30-7-9-31(10-8-30)23(33)17-5-6-19(18(25)11-17)29-24(34)26-12-16-3-4-16/h5-6,11,14-16H,3-4,7-10,12-13H2,1-2H3,(H,27,32)(H2,26,29,34). The summed E-state index contributed by atoms with van der Waals surface area (Å²) >= 11 is 1.45. The van der Waals surface area contributed by atoms with Gasteiger partial charge in [0.05, 0.1) is 12.2 Å². The van der Waals surface area contributed by atoms with Crippen molar-refractivity contribution in [3.8, 4) is 0 Å². The van der Waals surface area contributed by atoms with E-state index in [1.54, 1.807) is 10.3 Å². The smallest absolute Gasteiger partial charge is 0.319 e. The van der Waals surface area contributed by atoms with Gasteiger partial charge in [-0.3, -0.25) is 14.5 Å². The molecule has 2 aromatic rings. The molecule has 4 amide bonds. The zero-order chi connectivity index (χ0) is 24.9. The molecule has 0 atom stereocenters. The van der Waals surface area contributed by atoms with Gasteiger partial charge in [-0.2, -0.15) is 0 Å². The summed E-state index contributed by atoms with van der Waals surface area (Å²) in [7, 11) is 0. The minimum atomic E-state index is -0.642. The van der Waals surface area contributed by atoms with Gasteiger partial charge in [-0.05, 0) is 50.8 Å². The minimum absolute atomic E-state index is 0.0459. The maximum Gasteiger partial charge on any atom is 0.319 e. The van der Waals surface area contributed by atoms with Gasteiger partial charge in [0, 0.05) is 49.7 Å². The normalized spacial score (nSPS) is 16.3. The molecule has 2 fully saturated rings. The Kier molecular flexibility index (Phi) is 7.97. The van der Waals surface area contributed by atoms with Crippen molar-refractivity contribution in [2.24, 2.45) is 5.92 Å². The van der Waals surface area contributed by atoms with Gasteiger partial charge in [-0.1, -0.05) is 0 Å². The Morgan fingerprint density at radius 3 is 2.57 bits per heavy atom. The van der Waals surface area contributed by atoms with Crippen molar-refractivity contribution in [2.75, 3.05) is 38.0 Å². The first-order valence-corrected chi connectivity index (χ1v) is 12.8. The lowest BCUT2D eigenvalue weighted by molar-refractivity contribution is 0.0627. The van der Waals surface area contributed by atoms with E-state index in [0.717, 1.165) is 17.8 Å². The van der Waals surface area contributed by atoms with Gasteiger partial charge in [0.15, 0.2) is 0 Å². The van der Waals surface area contributed by atoms with Crippen LogP contribution in [0.3, 0.4) is 0 Å². The van der Waals surface area contributed by atoms with E-state index in [-0.39, 0.29) is 29.1 Å². The summed E-state index contributed by atoms with van der Waals surface area (Å²) < 4.78 is 14.5. The van der Waals surface area contributed by atoms with Crippen LogP contribution in [0, 0.1) is 11.7 Å². The van der Waals surface area contributed by atoms with Crippen LogP contribution in [0.1, 0.15) is 52.5 Å². The number of carbonyl (C=O) groups is 3. The number of anilines is 1. The molecule has 11 heteroatoms. The molecule has 3 N–H and O–H groups in total. The van der Waals surface area contributed by atoms with Crippen LogP contribution in [0.15, 0.2) is 23.6 Å². The van der Waals surface area contributed by atoms with Crippen LogP contribution >= 0.6 is 11.3 Å². The molecule has 0 bridgehead atoms. The lowest BCUT2D eigenvalue weighted by Gasteiger charge is -2.34. The number of nitrogens with one attached hydrogen (secondary N) is 3. The summed E-state index contributed by atoms with van der Waals surface area (Å²) in [4.78, 5) is 45.2. The molecule has 1 saturated carbocycles. The van der Waals surface area contributed by atoms with E-state index in [1.807, 2.05) is 13.8 Å². The van der Waals surface area contributed by atoms with Crippen molar-refractivity contribution in [2.45, 2.75) is 39.3 Å². The number of rotatable bonds is 8. The van der Waals surface area contributed by atoms with Gasteiger partial charge in [-0.15, -0.1) is 11.3 Å². The van der Waals surface area contributed by atoms with Crippen molar-refractivity contribution in [1.29, 1.82) is 0 Å². The maximum absolute atomic E-state index is 14.5. The summed E-state index contributed by atoms with van der Waals surface area (Å²) in [5.41, 5.74) is 0.720. The number of piperazine rings is 1. The van der Waals surface area contributed by atoms with E-state index >= 15 is 0 Å². The van der Waals surface area contributed by atoms with Crippen molar-refractivity contribution < 1.29 is 18.8 Å². The minimum Gasteiger partial charge on any atom is -0.349 e. The van der Waals surface area contributed by atoms with Crippen LogP contribution in [0.25, 0.3) is 0 Å². The molecule has 4 rings (SSSR count). The third-order valence-corrected chi connectivity index (χ3v) is 6.77. The molecule has 0 unspecified atom stereocenters. The quantitative estimate of drug-likeness (QED) is 0.515. The number of benzene rings is 1. The first-order chi connectivity index (χ1) is 16.8. The van der Waals surface area contributed by atoms with Gasteiger partial charge >= 0.3 is 6.03 Å². The summed E-state index contributed by atoms with van der Waals surface area (Å²) in [6.45, 7) is 7.34. The van der Waals surface area contributed by atoms with Crippen molar-refractivity contribution >= 4 is 34.9 Å². The summed E-state index contributed by atoms with van der Waals surface area (Å²) in [6, 6.07) is 3.73. The second-order valence-corrected chi connectivity index (χ2v) is 10.2. The van der Waals surface area contributed by atoms with Gasteiger partial charge in [0.2, 0.25) is 0 Å². The Hall–Kier alpha value is -3.05. The Morgan fingerprint density at radius 2 is 1.91 bits per heavy atom. The number of amides is 4. The molecule has 0 spiro atoms. The van der Waals surface area contributed by atoms with E-state index in [4.69, 9.17) is 0 Å². The Labute approximate surface area is 208 Å². The highest BCUT2D eigenvalue weighted by atomic mass is 32.1. The highest BCUT2D eigenvalue weighted by Crippen LogP contribution is 2.27. The summed E-state index contributed by atoms with van der Waals surface area (Å²) in [5, 5.41) is 10.7. The van der Waals surface area contributed by atoms with Crippen LogP contribution in [0.2, 0.25) is 0 Å². The van der Waals surface area contributed by atoms with Crippen LogP contribution < -0.4 is 16.0 Å². The highest BCUT2D eigenvalue weighted by Gasteiger charge is 2.25. The number of urea groups is 1. The zero-order valence-electron chi connectivity index (χ0n) is 20.0. The highest BCUT2D eigenvalue weighted by molar-refractivity contribution is 7.09. The molecule has 0 radical (unpaired) electrons. The lowest BCUT2D eigenvalue weighted by Crippen LogP contribution is -2.48. The predicted octanol–water partition coefficient (Wildman–Crippen LogP) is 2.91. The molecule has 35 heavy (non-hydrogen) atoms. The lowest BCUT2D eigenvalue weighted by atomic mass is 10.1. The summed E-state index contributed by atoms with van der Waals surface area (Å²) in [5.74, 6) is -0.529. The van der Waals surface area contributed by atoms with Crippen LogP contribution in [0.4, 0.5) is 14.9 Å². The monoisotopic (exact) mass is 502 g/mol. The number of aromatic nitrogens is 1. The third-order valence-electron chi connectivity index (χ3n) is 5.93. The SMILES string of the molecule is CC(C)NC(=O)c1csc(CN2CCN(C(=O)c3ccc(NC(=O)NCC4CC4)c(F)c3)CC2)n1. The van der Waals surface area contributed by atoms with E-state index in [0.29, 0.717) is 50.9 Å². The molecule has 188 valence electrons. The average Bonchev–Trinajstić information content (AvgIpc) is 3.54. The van der Waals surface area contributed by atoms with Crippen molar-refractivity contribution in [1.82, 2.24) is 25.4 Å². The Morgan fingerprint density at radius 1 is 1.17 bits per heavy atom. The molecular weight excluding hydrogens is 471 g/mol. The van der Waals surface area contributed by atoms with E-state index in [9.17, 15) is 18.8 Å². The van der Waals surface area contributed by atoms with Gasteiger partial charge < -0.3 is 20.9 Å². The molecule has 2 aliphatic rings. The molecule has 1 aliphatic carbocycles. The first kappa shape index (κ1) is 25.1. The zero-order valence-corrected chi connectivity index (χ0v) is 20.8. The Bertz CT molecular complexity index is 1080. The average molecular weight is 503 g/mol. The van der Waals surface area contributed by atoms with E-state index in [1.165, 1.54) is 29.5 Å². The second kappa shape index (κ2) is 11.1. The first-order valence-electron chi connectivity index (χ1n) is 11.9. The molecule has 1 aliphatic heterocycles. The van der Waals surface area contributed by atoms with Crippen molar-refractivity contribution in [3.05, 3.63) is 45.7 Å². The third kappa shape index (κ3) is 6.98. The second-order valence-electron chi connectivity index (χ2n) is 9.30. The van der Waals surface area contributed by atoms with Crippen LogP contribution in [0.5, 0.6) is 0 Å². The molecule has 1 aromatic carbocycles. The number of carbonyl (C=O) groups excluding carboxylic acids is 3. The number of hydrogen-bond donors (Lipinski definition) is 3. The fourth-order valence-corrected chi connectivity index (χ4v) is 4.60. The predicted molar refractivity (Wildman–Crippen MR) is 132 cm³/mol. The molecule has 1 aromatic heterocycles. The molecule has 9 nitrogen and oxygen atoms in total. The maximum atomic E-state index is 14.5. The summed E-state index contributed by atoms with van der Waals surface area (Å²) in [6.07, 6.45) is 2.23. The number of nitrogens with zero attached hydrogens (tertiary/aromatic N) is 3. The van der Waals surface area contributed by atoms with Gasteiger partial charge in [-0.25, -0.2) is 14.2 Å². The Balaban J connectivity index is 1.25. The molecular formula is C24H31FN6O3S. The fraction of sp³-hybridized carbons (Fsp3) is 0.500. The number of hydrogen-bond acceptors (Lipinski definition) is 6. The number of halogens is 1.